The van der Waals surface area contributed by atoms with Crippen LogP contribution in [0.4, 0.5) is 0 Å². The summed E-state index contributed by atoms with van der Waals surface area (Å²) in [5.74, 6) is -0.128. The fraction of sp³-hybridized carbons (Fsp3) is 0.714. The zero-order valence-electron chi connectivity index (χ0n) is 6.99. The van der Waals surface area contributed by atoms with Gasteiger partial charge in [-0.3, -0.25) is 0 Å². The smallest absolute Gasteiger partial charge is 0.172 e. The van der Waals surface area contributed by atoms with Crippen LogP contribution in [0, 0.1) is 0 Å². The summed E-state index contributed by atoms with van der Waals surface area (Å²) in [6, 6.07) is 0. The zero-order valence-corrected chi connectivity index (χ0v) is 7.81. The summed E-state index contributed by atoms with van der Waals surface area (Å²) in [4.78, 5) is 0. The molecule has 0 saturated carbocycles. The molecule has 1 aliphatic heterocycles. The maximum atomic E-state index is 9.36. The molecule has 6 heteroatoms. The molecule has 0 spiro atoms. The Morgan fingerprint density at radius 1 is 1.31 bits per heavy atom. The zero-order chi connectivity index (χ0) is 10.0. The van der Waals surface area contributed by atoms with Gasteiger partial charge in [-0.05, 0) is 6.26 Å². The van der Waals surface area contributed by atoms with Crippen LogP contribution in [-0.4, -0.2) is 50.4 Å². The monoisotopic (exact) mass is 208 g/mol. The fourth-order valence-corrected chi connectivity index (χ4v) is 1.73. The molecule has 1 saturated heterocycles. The van der Waals surface area contributed by atoms with Crippen LogP contribution in [0.2, 0.25) is 0 Å². The van der Waals surface area contributed by atoms with Crippen LogP contribution >= 0.6 is 11.8 Å². The Kier molecular flexibility index (Phi) is 3.43. The summed E-state index contributed by atoms with van der Waals surface area (Å²) in [5.41, 5.74) is -0.670. The molecule has 0 aliphatic carbocycles. The Labute approximate surface area is 79.6 Å². The third-order valence-corrected chi connectivity index (χ3v) is 2.70. The minimum Gasteiger partial charge on any atom is -0.512 e. The first-order valence-electron chi connectivity index (χ1n) is 3.69. The van der Waals surface area contributed by atoms with Gasteiger partial charge in [-0.25, -0.2) is 0 Å². The maximum Gasteiger partial charge on any atom is 0.172 e. The highest BCUT2D eigenvalue weighted by Crippen LogP contribution is 2.28. The number of hydrogen-bond acceptors (Lipinski definition) is 6. The average Bonchev–Trinajstić information content (AvgIpc) is 2.15. The van der Waals surface area contributed by atoms with Gasteiger partial charge >= 0.3 is 0 Å². The summed E-state index contributed by atoms with van der Waals surface area (Å²) < 4.78 is 4.99. The van der Waals surface area contributed by atoms with E-state index in [1.807, 2.05) is 0 Å². The van der Waals surface area contributed by atoms with Gasteiger partial charge in [0.1, 0.15) is 24.6 Å². The number of ether oxygens (including phenoxy) is 1. The molecule has 0 aromatic rings. The SMILES string of the molecule is CS[C@@H]1O/C(=C\O)[C@H](O)C(O)C1O. The minimum atomic E-state index is -1.37. The highest BCUT2D eigenvalue weighted by atomic mass is 32.2. The molecule has 4 atom stereocenters. The number of aliphatic hydroxyl groups excluding tert-OH is 4. The Morgan fingerprint density at radius 3 is 2.38 bits per heavy atom. The van der Waals surface area contributed by atoms with Crippen molar-refractivity contribution in [1.82, 2.24) is 0 Å². The Balaban J connectivity index is 2.78. The van der Waals surface area contributed by atoms with Crippen molar-refractivity contribution in [3.63, 3.8) is 0 Å². The van der Waals surface area contributed by atoms with E-state index in [-0.39, 0.29) is 5.76 Å². The van der Waals surface area contributed by atoms with Gasteiger partial charge in [0.15, 0.2) is 11.2 Å². The van der Waals surface area contributed by atoms with E-state index < -0.39 is 23.7 Å². The van der Waals surface area contributed by atoms with Gasteiger partial charge in [-0.2, -0.15) is 0 Å². The van der Waals surface area contributed by atoms with Gasteiger partial charge in [0.05, 0.1) is 0 Å². The van der Waals surface area contributed by atoms with E-state index in [1.165, 1.54) is 11.8 Å². The molecule has 0 aromatic carbocycles. The van der Waals surface area contributed by atoms with Crippen LogP contribution in [0.1, 0.15) is 0 Å². The molecule has 0 amide bonds. The summed E-state index contributed by atoms with van der Waals surface area (Å²) >= 11 is 1.18. The highest BCUT2D eigenvalue weighted by molar-refractivity contribution is 7.99. The molecule has 4 N–H and O–H groups in total. The lowest BCUT2D eigenvalue weighted by Gasteiger charge is -2.35. The van der Waals surface area contributed by atoms with Crippen LogP contribution in [-0.2, 0) is 4.74 Å². The summed E-state index contributed by atoms with van der Waals surface area (Å²) in [5, 5.41) is 36.5. The molecule has 1 rings (SSSR count). The molecule has 1 fully saturated rings. The van der Waals surface area contributed by atoms with Crippen molar-refractivity contribution in [3.05, 3.63) is 12.0 Å². The van der Waals surface area contributed by atoms with Gasteiger partial charge in [-0.15, -0.1) is 11.8 Å². The quantitative estimate of drug-likeness (QED) is 0.421. The van der Waals surface area contributed by atoms with Crippen LogP contribution in [0.3, 0.4) is 0 Å². The predicted octanol–water partition coefficient (Wildman–Crippen LogP) is -0.812. The highest BCUT2D eigenvalue weighted by Gasteiger charge is 2.41. The molecule has 0 radical (unpaired) electrons. The standard InChI is InChI=1S/C7H12O5S/c1-13-7-6(11)5(10)4(9)3(2-8)12-7/h2,4-11H,1H3/b3-2-/t4-,5?,6?,7-/m0/s1. The van der Waals surface area contributed by atoms with Gasteiger partial charge in [0.2, 0.25) is 0 Å². The van der Waals surface area contributed by atoms with Crippen LogP contribution in [0.15, 0.2) is 12.0 Å². The molecule has 1 heterocycles. The number of thioether (sulfide) groups is 1. The second-order valence-corrected chi connectivity index (χ2v) is 3.62. The lowest BCUT2D eigenvalue weighted by molar-refractivity contribution is -0.131. The molecule has 13 heavy (non-hydrogen) atoms. The van der Waals surface area contributed by atoms with Crippen LogP contribution < -0.4 is 0 Å². The van der Waals surface area contributed by atoms with Crippen molar-refractivity contribution in [2.45, 2.75) is 23.7 Å². The third-order valence-electron chi connectivity index (χ3n) is 1.86. The van der Waals surface area contributed by atoms with Crippen molar-refractivity contribution < 1.29 is 25.2 Å². The van der Waals surface area contributed by atoms with E-state index in [4.69, 9.17) is 9.84 Å². The largest absolute Gasteiger partial charge is 0.512 e. The first-order chi connectivity index (χ1) is 6.11. The fourth-order valence-electron chi connectivity index (χ4n) is 1.08. The molecule has 2 unspecified atom stereocenters. The van der Waals surface area contributed by atoms with Crippen molar-refractivity contribution in [1.29, 1.82) is 0 Å². The molecule has 1 aliphatic rings. The van der Waals surface area contributed by atoms with Crippen LogP contribution in [0.25, 0.3) is 0 Å². The molecule has 0 bridgehead atoms. The van der Waals surface area contributed by atoms with Gasteiger partial charge in [0.25, 0.3) is 0 Å². The van der Waals surface area contributed by atoms with E-state index in [0.717, 1.165) is 0 Å². The van der Waals surface area contributed by atoms with Gasteiger partial charge < -0.3 is 25.2 Å². The number of hydrogen-bond donors (Lipinski definition) is 4. The lowest BCUT2D eigenvalue weighted by atomic mass is 10.0. The second kappa shape index (κ2) is 4.19. The molecule has 0 aromatic heterocycles. The topological polar surface area (TPSA) is 90.2 Å². The minimum absolute atomic E-state index is 0.128. The number of aliphatic hydroxyl groups is 4. The third kappa shape index (κ3) is 1.91. The molecular weight excluding hydrogens is 196 g/mol. The molecule has 5 nitrogen and oxygen atoms in total. The van der Waals surface area contributed by atoms with E-state index >= 15 is 0 Å². The number of rotatable bonds is 1. The Morgan fingerprint density at radius 2 is 1.92 bits per heavy atom. The predicted molar refractivity (Wildman–Crippen MR) is 47.1 cm³/mol. The molecule has 76 valence electrons. The van der Waals surface area contributed by atoms with E-state index in [9.17, 15) is 15.3 Å². The van der Waals surface area contributed by atoms with Crippen molar-refractivity contribution in [3.8, 4) is 0 Å². The maximum absolute atomic E-state index is 9.36. The Hall–Kier alpha value is -0.430. The van der Waals surface area contributed by atoms with Gasteiger partial charge in [-0.1, -0.05) is 0 Å². The van der Waals surface area contributed by atoms with Crippen molar-refractivity contribution in [2.24, 2.45) is 0 Å². The summed E-state index contributed by atoms with van der Waals surface area (Å²) in [6.45, 7) is 0. The normalized spacial score (nSPS) is 43.2. The van der Waals surface area contributed by atoms with Crippen LogP contribution in [0.5, 0.6) is 0 Å². The average molecular weight is 208 g/mol. The summed E-state index contributed by atoms with van der Waals surface area (Å²) in [6.07, 6.45) is -1.59. The van der Waals surface area contributed by atoms with E-state index in [0.29, 0.717) is 6.26 Å². The van der Waals surface area contributed by atoms with Crippen molar-refractivity contribution in [2.75, 3.05) is 6.26 Å². The lowest BCUT2D eigenvalue weighted by Crippen LogP contribution is -2.50. The first kappa shape index (κ1) is 10.6. The van der Waals surface area contributed by atoms with E-state index in [1.54, 1.807) is 6.26 Å². The second-order valence-electron chi connectivity index (χ2n) is 2.68. The molecular formula is C7H12O5S. The van der Waals surface area contributed by atoms with E-state index in [2.05, 4.69) is 0 Å². The van der Waals surface area contributed by atoms with Gasteiger partial charge in [0, 0.05) is 0 Å². The summed E-state index contributed by atoms with van der Waals surface area (Å²) in [7, 11) is 0. The van der Waals surface area contributed by atoms with Crippen molar-refractivity contribution >= 4 is 11.8 Å². The Bertz CT molecular complexity index is 205. The first-order valence-corrected chi connectivity index (χ1v) is 4.98.